The first-order valence-corrected chi connectivity index (χ1v) is 6.89. The van der Waals surface area contributed by atoms with Crippen molar-refractivity contribution in [2.45, 2.75) is 33.7 Å². The van der Waals surface area contributed by atoms with Gasteiger partial charge in [-0.15, -0.1) is 0 Å². The van der Waals surface area contributed by atoms with Crippen LogP contribution in [0.25, 0.3) is 11.0 Å². The molecule has 0 bridgehead atoms. The van der Waals surface area contributed by atoms with Gasteiger partial charge in [0.1, 0.15) is 17.3 Å². The predicted octanol–water partition coefficient (Wildman–Crippen LogP) is 3.89. The normalized spacial score (nSPS) is 13.0. The Kier molecular flexibility index (Phi) is 3.01. The van der Waals surface area contributed by atoms with E-state index in [2.05, 4.69) is 4.98 Å². The molecule has 0 aliphatic rings. The fourth-order valence-electron chi connectivity index (χ4n) is 2.85. The number of anilines is 1. The molecule has 0 radical (unpaired) electrons. The molecule has 1 unspecified atom stereocenters. The fraction of sp³-hybridized carbons (Fsp3) is 0.312. The van der Waals surface area contributed by atoms with Crippen molar-refractivity contribution in [3.8, 4) is 0 Å². The van der Waals surface area contributed by atoms with Crippen molar-refractivity contribution in [3.63, 3.8) is 0 Å². The van der Waals surface area contributed by atoms with Gasteiger partial charge < -0.3 is 14.7 Å². The van der Waals surface area contributed by atoms with Gasteiger partial charge in [0.05, 0.1) is 17.1 Å². The minimum absolute atomic E-state index is 0.0303. The van der Waals surface area contributed by atoms with E-state index < -0.39 is 0 Å². The second-order valence-corrected chi connectivity index (χ2v) is 5.47. The number of rotatable bonds is 2. The molecule has 0 amide bonds. The van der Waals surface area contributed by atoms with E-state index in [1.807, 2.05) is 31.4 Å². The van der Waals surface area contributed by atoms with Crippen molar-refractivity contribution < 1.29 is 8.81 Å². The van der Waals surface area contributed by atoms with Gasteiger partial charge in [0.2, 0.25) is 5.95 Å². The minimum Gasteiger partial charge on any atom is -0.466 e. The van der Waals surface area contributed by atoms with Crippen LogP contribution in [0, 0.1) is 26.6 Å². The maximum Gasteiger partial charge on any atom is 0.201 e. The molecule has 1 aromatic carbocycles. The molecule has 4 nitrogen and oxygen atoms in total. The van der Waals surface area contributed by atoms with E-state index >= 15 is 0 Å². The van der Waals surface area contributed by atoms with Gasteiger partial charge in [0.25, 0.3) is 0 Å². The quantitative estimate of drug-likeness (QED) is 0.778. The number of hydrogen-bond acceptors (Lipinski definition) is 3. The summed E-state index contributed by atoms with van der Waals surface area (Å²) in [6, 6.07) is 5.18. The molecule has 5 heteroatoms. The lowest BCUT2D eigenvalue weighted by atomic mass is 10.1. The Hall–Kier alpha value is -2.30. The van der Waals surface area contributed by atoms with E-state index in [4.69, 9.17) is 10.2 Å². The lowest BCUT2D eigenvalue weighted by molar-refractivity contribution is 0.495. The maximum atomic E-state index is 13.7. The summed E-state index contributed by atoms with van der Waals surface area (Å²) in [5.41, 5.74) is 9.08. The summed E-state index contributed by atoms with van der Waals surface area (Å²) < 4.78 is 21.2. The highest BCUT2D eigenvalue weighted by Crippen LogP contribution is 2.31. The second-order valence-electron chi connectivity index (χ2n) is 5.47. The molecule has 0 aliphatic carbocycles. The molecule has 110 valence electrons. The van der Waals surface area contributed by atoms with Crippen LogP contribution in [-0.4, -0.2) is 9.55 Å². The Morgan fingerprint density at radius 1 is 1.24 bits per heavy atom. The topological polar surface area (TPSA) is 57.0 Å². The molecular weight excluding hydrogens is 269 g/mol. The number of hydrogen-bond donors (Lipinski definition) is 1. The Balaban J connectivity index is 2.22. The first-order valence-electron chi connectivity index (χ1n) is 6.89. The third kappa shape index (κ3) is 2.09. The maximum absolute atomic E-state index is 13.7. The fourth-order valence-corrected chi connectivity index (χ4v) is 2.85. The molecule has 0 fully saturated rings. The molecule has 0 saturated heterocycles. The summed E-state index contributed by atoms with van der Waals surface area (Å²) in [5.74, 6) is 1.83. The van der Waals surface area contributed by atoms with E-state index in [1.165, 1.54) is 6.07 Å². The zero-order valence-electron chi connectivity index (χ0n) is 12.6. The third-order valence-electron chi connectivity index (χ3n) is 3.91. The van der Waals surface area contributed by atoms with Crippen molar-refractivity contribution in [1.82, 2.24) is 9.55 Å². The number of halogens is 1. The highest BCUT2D eigenvalue weighted by Gasteiger charge is 2.20. The van der Waals surface area contributed by atoms with Crippen LogP contribution in [0.2, 0.25) is 0 Å². The van der Waals surface area contributed by atoms with Crippen LogP contribution in [0.5, 0.6) is 0 Å². The van der Waals surface area contributed by atoms with E-state index in [-0.39, 0.29) is 11.9 Å². The summed E-state index contributed by atoms with van der Waals surface area (Å²) in [7, 11) is 0. The van der Waals surface area contributed by atoms with Gasteiger partial charge in [-0.2, -0.15) is 0 Å². The summed E-state index contributed by atoms with van der Waals surface area (Å²) >= 11 is 0. The average Bonchev–Trinajstić information content (AvgIpc) is 2.89. The molecule has 1 atom stereocenters. The molecule has 2 aromatic heterocycles. The number of fused-ring (bicyclic) bond motifs is 1. The van der Waals surface area contributed by atoms with Gasteiger partial charge in [-0.05, 0) is 45.4 Å². The lowest BCUT2D eigenvalue weighted by Crippen LogP contribution is -2.10. The van der Waals surface area contributed by atoms with Crippen molar-refractivity contribution in [1.29, 1.82) is 0 Å². The largest absolute Gasteiger partial charge is 0.466 e. The first kappa shape index (κ1) is 13.7. The monoisotopic (exact) mass is 287 g/mol. The third-order valence-corrected chi connectivity index (χ3v) is 3.91. The highest BCUT2D eigenvalue weighted by molar-refractivity contribution is 5.79. The number of benzene rings is 1. The van der Waals surface area contributed by atoms with Gasteiger partial charge >= 0.3 is 0 Å². The molecule has 0 aliphatic heterocycles. The highest BCUT2D eigenvalue weighted by atomic mass is 19.1. The Bertz CT molecular complexity index is 832. The molecule has 2 N–H and O–H groups in total. The molecular formula is C16H18FN3O. The zero-order chi connectivity index (χ0) is 15.3. The van der Waals surface area contributed by atoms with Crippen LogP contribution in [0.4, 0.5) is 10.3 Å². The number of furan rings is 1. The Morgan fingerprint density at radius 2 is 1.95 bits per heavy atom. The van der Waals surface area contributed by atoms with Crippen LogP contribution in [0.1, 0.15) is 35.6 Å². The molecule has 0 saturated carbocycles. The number of nitrogens with two attached hydrogens (primary N) is 1. The van der Waals surface area contributed by atoms with Gasteiger partial charge in [-0.25, -0.2) is 9.37 Å². The molecule has 3 rings (SSSR count). The van der Waals surface area contributed by atoms with Gasteiger partial charge in [-0.1, -0.05) is 0 Å². The van der Waals surface area contributed by atoms with E-state index in [1.54, 1.807) is 13.0 Å². The van der Waals surface area contributed by atoms with E-state index in [0.717, 1.165) is 22.6 Å². The SMILES string of the molecule is Cc1cc(C(C)n2c(N)nc3cc(F)c(C)cc32)c(C)o1. The minimum atomic E-state index is -0.268. The van der Waals surface area contributed by atoms with Gasteiger partial charge in [0.15, 0.2) is 0 Å². The zero-order valence-corrected chi connectivity index (χ0v) is 12.6. The number of aromatic nitrogens is 2. The van der Waals surface area contributed by atoms with Crippen LogP contribution in [-0.2, 0) is 0 Å². The first-order chi connectivity index (χ1) is 9.88. The molecule has 0 spiro atoms. The molecule has 21 heavy (non-hydrogen) atoms. The smallest absolute Gasteiger partial charge is 0.201 e. The van der Waals surface area contributed by atoms with Crippen LogP contribution in [0.3, 0.4) is 0 Å². The number of nitrogens with zero attached hydrogens (tertiary/aromatic N) is 2. The van der Waals surface area contributed by atoms with Gasteiger partial charge in [0, 0.05) is 11.6 Å². The molecule has 3 aromatic rings. The summed E-state index contributed by atoms with van der Waals surface area (Å²) in [5, 5.41) is 0. The Labute approximate surface area is 122 Å². The summed E-state index contributed by atoms with van der Waals surface area (Å²) in [6.07, 6.45) is 0. The predicted molar refractivity (Wildman–Crippen MR) is 80.8 cm³/mol. The lowest BCUT2D eigenvalue weighted by Gasteiger charge is -2.15. The number of aryl methyl sites for hydroxylation is 3. The Morgan fingerprint density at radius 3 is 2.57 bits per heavy atom. The van der Waals surface area contributed by atoms with E-state index in [0.29, 0.717) is 17.0 Å². The molecule has 2 heterocycles. The average molecular weight is 287 g/mol. The summed E-state index contributed by atoms with van der Waals surface area (Å²) in [6.45, 7) is 7.62. The number of imidazole rings is 1. The van der Waals surface area contributed by atoms with Gasteiger partial charge in [-0.3, -0.25) is 0 Å². The van der Waals surface area contributed by atoms with Crippen molar-refractivity contribution in [2.24, 2.45) is 0 Å². The van der Waals surface area contributed by atoms with Crippen LogP contribution in [0.15, 0.2) is 22.6 Å². The van der Waals surface area contributed by atoms with Crippen molar-refractivity contribution in [2.75, 3.05) is 5.73 Å². The standard InChI is InChI=1S/C16H18FN3O/c1-8-5-15-14(7-13(8)17)19-16(18)20(15)10(3)12-6-9(2)21-11(12)4/h5-7,10H,1-4H3,(H2,18,19). The van der Waals surface area contributed by atoms with Crippen molar-refractivity contribution >= 4 is 17.0 Å². The van der Waals surface area contributed by atoms with E-state index in [9.17, 15) is 4.39 Å². The van der Waals surface area contributed by atoms with Crippen LogP contribution >= 0.6 is 0 Å². The van der Waals surface area contributed by atoms with Crippen molar-refractivity contribution in [3.05, 3.63) is 46.7 Å². The van der Waals surface area contributed by atoms with Crippen LogP contribution < -0.4 is 5.73 Å². The second kappa shape index (κ2) is 4.62. The summed E-state index contributed by atoms with van der Waals surface area (Å²) in [4.78, 5) is 4.27. The number of nitrogen functional groups attached to an aromatic ring is 1.